The molecule has 0 aromatic heterocycles. The Morgan fingerprint density at radius 1 is 0.529 bits per heavy atom. The van der Waals surface area contributed by atoms with E-state index >= 15 is 0 Å². The van der Waals surface area contributed by atoms with Gasteiger partial charge < -0.3 is 54.7 Å². The van der Waals surface area contributed by atoms with Crippen molar-refractivity contribution < 1.29 is 23.9 Å². The molecule has 0 bridgehead atoms. The quantitative estimate of drug-likeness (QED) is 0.0330. The van der Waals surface area contributed by atoms with Crippen LogP contribution in [0.3, 0.4) is 0 Å². The number of rotatable bonds is 21. The fraction of sp³-hybridized carbons (Fsp3) is 0.346. The Kier molecular flexibility index (Phi) is 19.2. The molecular weight excluding hydrogens is 895 g/mol. The van der Waals surface area contributed by atoms with Gasteiger partial charge in [0.15, 0.2) is 0 Å². The van der Waals surface area contributed by atoms with Gasteiger partial charge >= 0.3 is 0 Å². The van der Waals surface area contributed by atoms with E-state index in [1.165, 1.54) is 29.6 Å². The van der Waals surface area contributed by atoms with Gasteiger partial charge in [-0.2, -0.15) is 0 Å². The fourth-order valence-corrected chi connectivity index (χ4v) is 8.72. The molecule has 0 heterocycles. The third-order valence-electron chi connectivity index (χ3n) is 10.7. The maximum absolute atomic E-state index is 14.5. The number of hydrogen-bond donors (Lipinski definition) is 9. The zero-order valence-corrected chi connectivity index (χ0v) is 41.5. The number of carbonyl (C=O) groups excluding carboxylic acids is 4. The lowest BCUT2D eigenvalue weighted by molar-refractivity contribution is -0.118. The molecule has 0 saturated carbocycles. The summed E-state index contributed by atoms with van der Waals surface area (Å²) >= 11 is 2.77. The molecule has 0 radical (unpaired) electrons. The first-order chi connectivity index (χ1) is 32.3. The second-order valence-corrected chi connectivity index (χ2v) is 20.6. The van der Waals surface area contributed by atoms with Crippen LogP contribution in [0.1, 0.15) is 84.5 Å². The van der Waals surface area contributed by atoms with Gasteiger partial charge in [-0.15, -0.1) is 23.5 Å². The number of thioether (sulfide) groups is 2. The molecule has 5 aromatic rings. The van der Waals surface area contributed by atoms with Crippen molar-refractivity contribution in [3.63, 3.8) is 0 Å². The van der Waals surface area contributed by atoms with Crippen LogP contribution in [-0.2, 0) is 33.3 Å². The molecule has 0 fully saturated rings. The molecule has 68 heavy (non-hydrogen) atoms. The summed E-state index contributed by atoms with van der Waals surface area (Å²) in [5.41, 5.74) is 35.5. The predicted molar refractivity (Wildman–Crippen MR) is 280 cm³/mol. The second-order valence-electron chi connectivity index (χ2n) is 18.4. The SMILES string of the molecule is CC(C)(C)c1cc(NC(=O)c2cc(OCCN)cc(C(=O)Nc3cc(C(C)(C)C)cc(NC(=O)[C@@H](N)Cc4ccccc4)c3SCCN)c2)c(SCCN)c(NC(=O)[C@@H](N)Cc2ccccc2)c1. The molecule has 5 rings (SSSR count). The van der Waals surface area contributed by atoms with Crippen LogP contribution in [-0.4, -0.2) is 73.5 Å². The minimum atomic E-state index is -0.846. The van der Waals surface area contributed by atoms with E-state index < -0.39 is 34.7 Å². The number of hydrogen-bond acceptors (Lipinski definition) is 12. The number of ether oxygens (including phenoxy) is 1. The van der Waals surface area contributed by atoms with Crippen molar-refractivity contribution in [2.45, 2.75) is 87.1 Å². The van der Waals surface area contributed by atoms with Crippen LogP contribution in [0.5, 0.6) is 5.75 Å². The van der Waals surface area contributed by atoms with Crippen molar-refractivity contribution in [2.24, 2.45) is 28.7 Å². The lowest BCUT2D eigenvalue weighted by Gasteiger charge is -2.25. The summed E-state index contributed by atoms with van der Waals surface area (Å²) in [5, 5.41) is 12.2. The molecule has 0 aliphatic rings. The fourth-order valence-electron chi connectivity index (χ4n) is 7.01. The van der Waals surface area contributed by atoms with Crippen LogP contribution < -0.4 is 54.7 Å². The molecule has 0 aliphatic carbocycles. The van der Waals surface area contributed by atoms with Gasteiger partial charge in [0.25, 0.3) is 11.8 Å². The van der Waals surface area contributed by atoms with Crippen LogP contribution in [0.4, 0.5) is 22.7 Å². The van der Waals surface area contributed by atoms with Gasteiger partial charge in [-0.1, -0.05) is 102 Å². The molecule has 4 amide bonds. The van der Waals surface area contributed by atoms with E-state index in [1.54, 1.807) is 12.1 Å². The van der Waals surface area contributed by atoms with E-state index in [-0.39, 0.29) is 41.8 Å². The molecule has 16 heteroatoms. The second kappa shape index (κ2) is 24.5. The number of benzene rings is 5. The first kappa shape index (κ1) is 53.2. The first-order valence-corrected chi connectivity index (χ1v) is 24.6. The molecule has 5 aromatic carbocycles. The van der Waals surface area contributed by atoms with Crippen LogP contribution in [0.25, 0.3) is 0 Å². The van der Waals surface area contributed by atoms with Crippen LogP contribution in [0.2, 0.25) is 0 Å². The Labute approximate surface area is 409 Å². The summed E-state index contributed by atoms with van der Waals surface area (Å²) in [6, 6.07) is 29.5. The van der Waals surface area contributed by atoms with Crippen LogP contribution in [0, 0.1) is 0 Å². The van der Waals surface area contributed by atoms with E-state index in [1.807, 2.05) is 126 Å². The van der Waals surface area contributed by atoms with Crippen molar-refractivity contribution in [1.29, 1.82) is 0 Å². The van der Waals surface area contributed by atoms with Gasteiger partial charge in [0.05, 0.1) is 44.6 Å². The molecular formula is C52H67N9O5S2. The van der Waals surface area contributed by atoms with Crippen LogP contribution in [0.15, 0.2) is 113 Å². The maximum atomic E-state index is 14.5. The molecule has 14 nitrogen and oxygen atoms in total. The number of nitrogens with one attached hydrogen (secondary N) is 4. The maximum Gasteiger partial charge on any atom is 0.255 e. The lowest BCUT2D eigenvalue weighted by Crippen LogP contribution is -2.37. The third kappa shape index (κ3) is 15.1. The standard InChI is InChI=1S/C52H67N9O5S2/c1-51(2,3)36-28-41(45(67-21-18-54)43(30-36)60-49(64)39(56)23-32-13-9-7-10-14-32)58-47(62)34-25-35(27-38(26-34)66-20-17-53)48(63)59-42-29-37(52(4,5)6)31-44(46(42)68-22-19-55)61-50(65)40(57)24-33-15-11-8-12-16-33/h7-16,25-31,39-40H,17-24,53-57H2,1-6H3,(H,58,62)(H,59,63)(H,60,64)(H,61,65)/t39-,40-/m0/s1. The lowest BCUT2D eigenvalue weighted by atomic mass is 9.86. The monoisotopic (exact) mass is 961 g/mol. The highest BCUT2D eigenvalue weighted by Gasteiger charge is 2.27. The smallest absolute Gasteiger partial charge is 0.255 e. The van der Waals surface area contributed by atoms with Gasteiger partial charge in [-0.25, -0.2) is 0 Å². The summed E-state index contributed by atoms with van der Waals surface area (Å²) in [5.74, 6) is -0.634. The molecule has 362 valence electrons. The number of anilines is 4. The highest BCUT2D eigenvalue weighted by Crippen LogP contribution is 2.41. The Morgan fingerprint density at radius 2 is 0.897 bits per heavy atom. The molecule has 0 saturated heterocycles. The molecule has 2 atom stereocenters. The van der Waals surface area contributed by atoms with Crippen molar-refractivity contribution in [1.82, 2.24) is 0 Å². The normalized spacial score (nSPS) is 12.5. The molecule has 14 N–H and O–H groups in total. The first-order valence-electron chi connectivity index (χ1n) is 22.7. The van der Waals surface area contributed by atoms with Crippen LogP contribution >= 0.6 is 23.5 Å². The summed E-state index contributed by atoms with van der Waals surface area (Å²) < 4.78 is 5.93. The Morgan fingerprint density at radius 3 is 1.24 bits per heavy atom. The summed E-state index contributed by atoms with van der Waals surface area (Å²) in [6.07, 6.45) is 0.660. The molecule has 0 aliphatic heterocycles. The van der Waals surface area contributed by atoms with Gasteiger partial charge in [0.1, 0.15) is 12.4 Å². The molecule has 0 unspecified atom stereocenters. The molecule has 0 spiro atoms. The number of amides is 4. The van der Waals surface area contributed by atoms with Crippen molar-refractivity contribution in [3.8, 4) is 5.75 Å². The summed E-state index contributed by atoms with van der Waals surface area (Å²) in [6.45, 7) is 13.2. The van der Waals surface area contributed by atoms with Crippen molar-refractivity contribution >= 4 is 69.9 Å². The van der Waals surface area contributed by atoms with Crippen molar-refractivity contribution in [2.75, 3.05) is 59.0 Å². The van der Waals surface area contributed by atoms with Crippen molar-refractivity contribution in [3.05, 3.63) is 137 Å². The Balaban J connectivity index is 1.52. The number of nitrogens with two attached hydrogens (primary N) is 5. The van der Waals surface area contributed by atoms with E-state index in [0.717, 1.165) is 22.3 Å². The minimum absolute atomic E-state index is 0.123. The highest BCUT2D eigenvalue weighted by atomic mass is 32.2. The van der Waals surface area contributed by atoms with E-state index in [4.69, 9.17) is 33.4 Å². The van der Waals surface area contributed by atoms with E-state index in [2.05, 4.69) is 21.3 Å². The van der Waals surface area contributed by atoms with Gasteiger partial charge in [0.2, 0.25) is 11.8 Å². The third-order valence-corrected chi connectivity index (χ3v) is 13.1. The largest absolute Gasteiger partial charge is 0.492 e. The summed E-state index contributed by atoms with van der Waals surface area (Å²) in [7, 11) is 0. The topological polar surface area (TPSA) is 256 Å². The average Bonchev–Trinajstić information content (AvgIpc) is 3.30. The van der Waals surface area contributed by atoms with E-state index in [9.17, 15) is 19.2 Å². The average molecular weight is 962 g/mol. The zero-order chi connectivity index (χ0) is 49.6. The highest BCUT2D eigenvalue weighted by molar-refractivity contribution is 7.99. The van der Waals surface area contributed by atoms with Gasteiger partial charge in [-0.05, 0) is 88.4 Å². The Hall–Kier alpha value is -5.72. The van der Waals surface area contributed by atoms with Gasteiger partial charge in [0, 0.05) is 42.3 Å². The zero-order valence-electron chi connectivity index (χ0n) is 39.9. The van der Waals surface area contributed by atoms with Gasteiger partial charge in [-0.3, -0.25) is 19.2 Å². The van der Waals surface area contributed by atoms with E-state index in [0.29, 0.717) is 70.0 Å². The Bertz CT molecular complexity index is 2360. The predicted octanol–water partition coefficient (Wildman–Crippen LogP) is 7.24. The minimum Gasteiger partial charge on any atom is -0.492 e. The summed E-state index contributed by atoms with van der Waals surface area (Å²) in [4.78, 5) is 57.5. The number of carbonyl (C=O) groups is 4.